The second-order valence-corrected chi connectivity index (χ2v) is 5.73. The fourth-order valence-corrected chi connectivity index (χ4v) is 2.65. The van der Waals surface area contributed by atoms with Gasteiger partial charge in [0.2, 0.25) is 0 Å². The normalized spacial score (nSPS) is 12.7. The van der Waals surface area contributed by atoms with Crippen molar-refractivity contribution in [2.45, 2.75) is 12.3 Å². The maximum absolute atomic E-state index is 12.9. The van der Waals surface area contributed by atoms with Crippen LogP contribution in [0.25, 0.3) is 10.8 Å². The standard InChI is InChI=1S/C18H17F3N4O2/c1-26-14-7-11-9-23-25-17(13(11)8-15(14)27-2)24-16(22)10-4-3-5-12(6-10)18(19,20)21/h3-9,16H,22H2,1-2H3,(H,24,25)/t16-/m0/s1. The van der Waals surface area contributed by atoms with Crippen LogP contribution in [0.1, 0.15) is 17.3 Å². The second kappa shape index (κ2) is 7.28. The zero-order valence-corrected chi connectivity index (χ0v) is 14.5. The largest absolute Gasteiger partial charge is 0.493 e. The molecule has 0 aliphatic carbocycles. The van der Waals surface area contributed by atoms with Gasteiger partial charge in [-0.15, -0.1) is 5.10 Å². The van der Waals surface area contributed by atoms with Gasteiger partial charge < -0.3 is 20.5 Å². The Bertz CT molecular complexity index is 963. The summed E-state index contributed by atoms with van der Waals surface area (Å²) < 4.78 is 49.3. The van der Waals surface area contributed by atoms with Crippen molar-refractivity contribution in [3.8, 4) is 11.5 Å². The minimum absolute atomic E-state index is 0.268. The van der Waals surface area contributed by atoms with Crippen LogP contribution in [0.3, 0.4) is 0 Å². The van der Waals surface area contributed by atoms with Gasteiger partial charge >= 0.3 is 6.18 Å². The number of halogens is 3. The van der Waals surface area contributed by atoms with E-state index in [0.29, 0.717) is 28.1 Å². The van der Waals surface area contributed by atoms with Crippen LogP contribution in [-0.4, -0.2) is 24.4 Å². The fraction of sp³-hybridized carbons (Fsp3) is 0.222. The topological polar surface area (TPSA) is 82.3 Å². The van der Waals surface area contributed by atoms with Crippen molar-refractivity contribution in [3.63, 3.8) is 0 Å². The van der Waals surface area contributed by atoms with Gasteiger partial charge in [-0.05, 0) is 29.8 Å². The van der Waals surface area contributed by atoms with Gasteiger partial charge in [-0.1, -0.05) is 12.1 Å². The van der Waals surface area contributed by atoms with Gasteiger partial charge in [0.1, 0.15) is 6.17 Å². The maximum Gasteiger partial charge on any atom is 0.416 e. The lowest BCUT2D eigenvalue weighted by Gasteiger charge is -2.18. The third-order valence-corrected chi connectivity index (χ3v) is 4.03. The van der Waals surface area contributed by atoms with Gasteiger partial charge in [0, 0.05) is 10.8 Å². The number of rotatable bonds is 5. The average Bonchev–Trinajstić information content (AvgIpc) is 2.66. The molecule has 0 fully saturated rings. The van der Waals surface area contributed by atoms with Crippen molar-refractivity contribution in [2.24, 2.45) is 5.73 Å². The molecule has 0 spiro atoms. The molecule has 142 valence electrons. The van der Waals surface area contributed by atoms with Crippen LogP contribution in [0.4, 0.5) is 19.0 Å². The molecule has 6 nitrogen and oxygen atoms in total. The lowest BCUT2D eigenvalue weighted by atomic mass is 10.1. The number of nitrogens with zero attached hydrogens (tertiary/aromatic N) is 2. The van der Waals surface area contributed by atoms with Gasteiger partial charge in [-0.2, -0.15) is 18.3 Å². The van der Waals surface area contributed by atoms with Gasteiger partial charge in [0.25, 0.3) is 0 Å². The van der Waals surface area contributed by atoms with Crippen LogP contribution in [0, 0.1) is 0 Å². The molecule has 0 amide bonds. The average molecular weight is 378 g/mol. The number of hydrogen-bond acceptors (Lipinski definition) is 6. The van der Waals surface area contributed by atoms with Crippen molar-refractivity contribution >= 4 is 16.6 Å². The molecular formula is C18H17F3N4O2. The van der Waals surface area contributed by atoms with E-state index in [4.69, 9.17) is 15.2 Å². The SMILES string of the molecule is COc1cc2cnnc(N[C@H](N)c3cccc(C(F)(F)F)c3)c2cc1OC. The number of aromatic nitrogens is 2. The molecule has 2 aromatic carbocycles. The number of alkyl halides is 3. The summed E-state index contributed by atoms with van der Waals surface area (Å²) in [5.74, 6) is 1.32. The lowest BCUT2D eigenvalue weighted by molar-refractivity contribution is -0.137. The molecule has 3 N–H and O–H groups in total. The number of anilines is 1. The van der Waals surface area contributed by atoms with E-state index in [-0.39, 0.29) is 5.56 Å². The molecule has 0 aliphatic heterocycles. The fourth-order valence-electron chi connectivity index (χ4n) is 2.65. The number of benzene rings is 2. The summed E-state index contributed by atoms with van der Waals surface area (Å²) >= 11 is 0. The monoisotopic (exact) mass is 378 g/mol. The molecule has 0 unspecified atom stereocenters. The zero-order chi connectivity index (χ0) is 19.6. The molecule has 0 radical (unpaired) electrons. The van der Waals surface area contributed by atoms with E-state index < -0.39 is 17.9 Å². The van der Waals surface area contributed by atoms with Crippen LogP contribution in [0.15, 0.2) is 42.6 Å². The highest BCUT2D eigenvalue weighted by molar-refractivity contribution is 5.93. The number of nitrogens with two attached hydrogens (primary N) is 1. The zero-order valence-electron chi connectivity index (χ0n) is 14.5. The molecular weight excluding hydrogens is 361 g/mol. The van der Waals surface area contributed by atoms with E-state index in [2.05, 4.69) is 15.5 Å². The Morgan fingerprint density at radius 3 is 2.44 bits per heavy atom. The highest BCUT2D eigenvalue weighted by Gasteiger charge is 2.30. The summed E-state index contributed by atoms with van der Waals surface area (Å²) in [5, 5.41) is 12.2. The minimum Gasteiger partial charge on any atom is -0.493 e. The van der Waals surface area contributed by atoms with Crippen molar-refractivity contribution in [2.75, 3.05) is 19.5 Å². The Kier molecular flexibility index (Phi) is 5.04. The van der Waals surface area contributed by atoms with E-state index in [1.54, 1.807) is 12.1 Å². The second-order valence-electron chi connectivity index (χ2n) is 5.73. The Morgan fingerprint density at radius 2 is 1.78 bits per heavy atom. The lowest BCUT2D eigenvalue weighted by Crippen LogP contribution is -2.21. The third kappa shape index (κ3) is 3.87. The van der Waals surface area contributed by atoms with Crippen LogP contribution < -0.4 is 20.5 Å². The number of methoxy groups -OCH3 is 2. The Balaban J connectivity index is 1.97. The molecule has 3 aromatic rings. The van der Waals surface area contributed by atoms with E-state index in [1.165, 1.54) is 32.5 Å². The van der Waals surface area contributed by atoms with E-state index in [0.717, 1.165) is 12.1 Å². The molecule has 0 aliphatic rings. The summed E-state index contributed by atoms with van der Waals surface area (Å²) in [4.78, 5) is 0. The van der Waals surface area contributed by atoms with Crippen molar-refractivity contribution < 1.29 is 22.6 Å². The highest BCUT2D eigenvalue weighted by Crippen LogP contribution is 2.35. The molecule has 1 heterocycles. The first kappa shape index (κ1) is 18.7. The molecule has 0 bridgehead atoms. The number of nitrogens with one attached hydrogen (secondary N) is 1. The number of ether oxygens (including phenoxy) is 2. The summed E-state index contributed by atoms with van der Waals surface area (Å²) in [5.41, 5.74) is 5.55. The quantitative estimate of drug-likeness (QED) is 0.659. The summed E-state index contributed by atoms with van der Waals surface area (Å²) in [6, 6.07) is 8.23. The smallest absolute Gasteiger partial charge is 0.416 e. The van der Waals surface area contributed by atoms with E-state index in [9.17, 15) is 13.2 Å². The van der Waals surface area contributed by atoms with Gasteiger partial charge in [0.15, 0.2) is 17.3 Å². The summed E-state index contributed by atoms with van der Waals surface area (Å²) in [6.45, 7) is 0. The van der Waals surface area contributed by atoms with Gasteiger partial charge in [-0.25, -0.2) is 0 Å². The van der Waals surface area contributed by atoms with Crippen molar-refractivity contribution in [3.05, 3.63) is 53.7 Å². The first-order valence-electron chi connectivity index (χ1n) is 7.90. The van der Waals surface area contributed by atoms with Crippen LogP contribution in [0.5, 0.6) is 11.5 Å². The minimum atomic E-state index is -4.45. The molecule has 3 rings (SSSR count). The molecule has 1 aromatic heterocycles. The Labute approximate surface area is 153 Å². The van der Waals surface area contributed by atoms with Crippen LogP contribution >= 0.6 is 0 Å². The van der Waals surface area contributed by atoms with Gasteiger partial charge in [-0.3, -0.25) is 0 Å². The van der Waals surface area contributed by atoms with Crippen molar-refractivity contribution in [1.29, 1.82) is 0 Å². The maximum atomic E-state index is 12.9. The number of hydrogen-bond donors (Lipinski definition) is 2. The first-order valence-corrected chi connectivity index (χ1v) is 7.90. The molecule has 0 saturated heterocycles. The molecule has 27 heavy (non-hydrogen) atoms. The van der Waals surface area contributed by atoms with Crippen LogP contribution in [-0.2, 0) is 6.18 Å². The predicted molar refractivity (Wildman–Crippen MR) is 94.6 cm³/mol. The highest BCUT2D eigenvalue weighted by atomic mass is 19.4. The molecule has 0 saturated carbocycles. The predicted octanol–water partition coefficient (Wildman–Crippen LogP) is 3.74. The Hall–Kier alpha value is -3.07. The van der Waals surface area contributed by atoms with E-state index >= 15 is 0 Å². The third-order valence-electron chi connectivity index (χ3n) is 4.03. The summed E-state index contributed by atoms with van der Waals surface area (Å²) in [6.07, 6.45) is -3.82. The van der Waals surface area contributed by atoms with Crippen molar-refractivity contribution in [1.82, 2.24) is 10.2 Å². The molecule has 9 heteroatoms. The molecule has 1 atom stereocenters. The van der Waals surface area contributed by atoms with E-state index in [1.807, 2.05) is 0 Å². The van der Waals surface area contributed by atoms with Crippen LogP contribution in [0.2, 0.25) is 0 Å². The summed E-state index contributed by atoms with van der Waals surface area (Å²) in [7, 11) is 3.01. The first-order chi connectivity index (χ1) is 12.8. The number of fused-ring (bicyclic) bond motifs is 1. The van der Waals surface area contributed by atoms with Gasteiger partial charge in [0.05, 0.1) is 26.0 Å². The Morgan fingerprint density at radius 1 is 1.07 bits per heavy atom.